The minimum atomic E-state index is -5.76. The third kappa shape index (κ3) is 6.18. The van der Waals surface area contributed by atoms with Crippen molar-refractivity contribution < 1.29 is 45.0 Å². The van der Waals surface area contributed by atoms with E-state index in [2.05, 4.69) is 9.64 Å². The van der Waals surface area contributed by atoms with Crippen molar-refractivity contribution in [1.82, 2.24) is 9.80 Å². The first kappa shape index (κ1) is 26.7. The van der Waals surface area contributed by atoms with Crippen LogP contribution >= 0.6 is 11.6 Å². The summed E-state index contributed by atoms with van der Waals surface area (Å²) in [7, 11) is 0. The fourth-order valence-corrected chi connectivity index (χ4v) is 4.72. The molecule has 2 aliphatic rings. The van der Waals surface area contributed by atoms with Gasteiger partial charge in [-0.3, -0.25) is 4.90 Å². The Hall–Kier alpha value is -1.95. The zero-order valence-corrected chi connectivity index (χ0v) is 18.8. The Bertz CT molecular complexity index is 844. The number of ether oxygens (including phenoxy) is 2. The van der Waals surface area contributed by atoms with Crippen molar-refractivity contribution in [3.63, 3.8) is 0 Å². The Morgan fingerprint density at radius 2 is 1.71 bits per heavy atom. The number of rotatable bonds is 6. The smallest absolute Gasteiger partial charge is 0.434 e. The van der Waals surface area contributed by atoms with Gasteiger partial charge in [0.25, 0.3) is 6.10 Å². The van der Waals surface area contributed by atoms with Crippen molar-refractivity contribution in [3.8, 4) is 5.75 Å². The summed E-state index contributed by atoms with van der Waals surface area (Å²) in [5.74, 6) is 0.443. The fraction of sp³-hybridized carbons (Fsp3) is 0.667. The lowest BCUT2D eigenvalue weighted by atomic mass is 9.85. The van der Waals surface area contributed by atoms with Crippen molar-refractivity contribution in [2.45, 2.75) is 56.2 Å². The van der Waals surface area contributed by atoms with Crippen LogP contribution < -0.4 is 4.74 Å². The summed E-state index contributed by atoms with van der Waals surface area (Å²) >= 11 is 6.02. The van der Waals surface area contributed by atoms with Crippen LogP contribution in [0, 0.1) is 0 Å². The molecular formula is C21H24ClF7N2O3. The molecule has 13 heteroatoms. The number of carbonyl (C=O) groups is 1. The number of benzene rings is 1. The summed E-state index contributed by atoms with van der Waals surface area (Å²) < 4.78 is 98.1. The Morgan fingerprint density at radius 1 is 1.06 bits per heavy atom. The van der Waals surface area contributed by atoms with E-state index < -0.39 is 31.2 Å². The lowest BCUT2D eigenvalue weighted by Crippen LogP contribution is -2.54. The Balaban J connectivity index is 1.65. The normalized spacial score (nSPS) is 19.1. The Labute approximate surface area is 196 Å². The van der Waals surface area contributed by atoms with Crippen molar-refractivity contribution in [1.29, 1.82) is 0 Å². The van der Waals surface area contributed by atoms with E-state index in [1.807, 2.05) is 0 Å². The Kier molecular flexibility index (Phi) is 8.11. The molecule has 0 unspecified atom stereocenters. The summed E-state index contributed by atoms with van der Waals surface area (Å²) in [5.41, 5.74) is 0.403. The maximum atomic E-state index is 12.7. The molecule has 1 aromatic rings. The number of piperidine rings is 1. The molecule has 0 aliphatic carbocycles. The number of alkyl halides is 7. The monoisotopic (exact) mass is 520 g/mol. The lowest BCUT2D eigenvalue weighted by molar-refractivity contribution is -0.308. The van der Waals surface area contributed by atoms with Gasteiger partial charge in [0, 0.05) is 35.8 Å². The average Bonchev–Trinajstić information content (AvgIpc) is 3.12. The van der Waals surface area contributed by atoms with Crippen LogP contribution in [0.1, 0.15) is 31.2 Å². The topological polar surface area (TPSA) is 42.0 Å². The molecule has 2 fully saturated rings. The molecule has 3 rings (SSSR count). The van der Waals surface area contributed by atoms with Crippen LogP contribution in [-0.4, -0.2) is 72.8 Å². The third-order valence-corrected chi connectivity index (χ3v) is 6.47. The molecule has 0 aromatic heterocycles. The second-order valence-corrected chi connectivity index (χ2v) is 8.81. The van der Waals surface area contributed by atoms with Gasteiger partial charge in [0.05, 0.1) is 0 Å². The maximum Gasteiger partial charge on any atom is 0.434 e. The van der Waals surface area contributed by atoms with Crippen LogP contribution in [0.4, 0.5) is 35.5 Å². The van der Waals surface area contributed by atoms with Crippen LogP contribution in [0.3, 0.4) is 0 Å². The molecule has 0 atom stereocenters. The van der Waals surface area contributed by atoms with Crippen molar-refractivity contribution in [3.05, 3.63) is 28.8 Å². The van der Waals surface area contributed by atoms with Gasteiger partial charge in [-0.2, -0.15) is 26.3 Å². The molecule has 192 valence electrons. The first-order valence-corrected chi connectivity index (χ1v) is 11.0. The van der Waals surface area contributed by atoms with E-state index in [0.29, 0.717) is 36.7 Å². The highest BCUT2D eigenvalue weighted by molar-refractivity contribution is 6.30. The number of hydrogen-bond acceptors (Lipinski definition) is 4. The highest BCUT2D eigenvalue weighted by Crippen LogP contribution is 2.41. The number of amides is 1. The quantitative estimate of drug-likeness (QED) is 0.448. The van der Waals surface area contributed by atoms with E-state index in [4.69, 9.17) is 16.3 Å². The highest BCUT2D eigenvalue weighted by Gasteiger charge is 2.60. The number of halogens is 8. The van der Waals surface area contributed by atoms with E-state index in [0.717, 1.165) is 23.3 Å². The zero-order valence-electron chi connectivity index (χ0n) is 18.0. The molecule has 0 saturated carbocycles. The minimum absolute atomic E-state index is 0.0381. The van der Waals surface area contributed by atoms with Gasteiger partial charge in [-0.25, -0.2) is 9.18 Å². The van der Waals surface area contributed by atoms with Crippen molar-refractivity contribution in [2.24, 2.45) is 0 Å². The number of hydrogen-bond donors (Lipinski definition) is 0. The number of nitrogens with zero attached hydrogens (tertiary/aromatic N) is 2. The van der Waals surface area contributed by atoms with Gasteiger partial charge in [0.1, 0.15) is 19.0 Å². The highest BCUT2D eigenvalue weighted by atomic mass is 35.5. The zero-order chi connectivity index (χ0) is 25.1. The van der Waals surface area contributed by atoms with Crippen LogP contribution in [0.2, 0.25) is 5.02 Å². The van der Waals surface area contributed by atoms with Crippen molar-refractivity contribution in [2.75, 3.05) is 32.9 Å². The van der Waals surface area contributed by atoms with E-state index >= 15 is 0 Å². The molecule has 1 spiro atoms. The standard InChI is InChI=1S/C21H24ClF7N2O3/c22-15-3-2-14(16(12-15)33-11-7-23)13-31-8-1-4-19(31)5-9-30(10-6-19)18(32)34-17(20(24,25)26)21(27,28)29/h2-3,12,17H,1,4-11,13H2. The van der Waals surface area contributed by atoms with Gasteiger partial charge < -0.3 is 14.4 Å². The second-order valence-electron chi connectivity index (χ2n) is 8.37. The van der Waals surface area contributed by atoms with E-state index in [1.54, 1.807) is 18.2 Å². The second kappa shape index (κ2) is 10.3. The summed E-state index contributed by atoms with van der Waals surface area (Å²) in [6.07, 6.45) is -15.0. The predicted molar refractivity (Wildman–Crippen MR) is 108 cm³/mol. The first-order chi connectivity index (χ1) is 15.9. The fourth-order valence-electron chi connectivity index (χ4n) is 4.55. The third-order valence-electron chi connectivity index (χ3n) is 6.23. The number of likely N-dealkylation sites (tertiary alicyclic amines) is 2. The van der Waals surface area contributed by atoms with Gasteiger partial charge in [0.2, 0.25) is 0 Å². The van der Waals surface area contributed by atoms with Gasteiger partial charge in [-0.05, 0) is 44.4 Å². The molecule has 2 saturated heterocycles. The molecule has 2 heterocycles. The molecule has 0 N–H and O–H groups in total. The van der Waals surface area contributed by atoms with Crippen LogP contribution in [-0.2, 0) is 11.3 Å². The van der Waals surface area contributed by atoms with E-state index in [1.165, 1.54) is 0 Å². The molecule has 5 nitrogen and oxygen atoms in total. The first-order valence-electron chi connectivity index (χ1n) is 10.7. The SMILES string of the molecule is O=C(OC(C(F)(F)F)C(F)(F)F)N1CCC2(CCCN2Cc2ccc(Cl)cc2OCCF)CC1. The average molecular weight is 521 g/mol. The van der Waals surface area contributed by atoms with Gasteiger partial charge in [0.15, 0.2) is 0 Å². The van der Waals surface area contributed by atoms with Crippen LogP contribution in [0.15, 0.2) is 18.2 Å². The summed E-state index contributed by atoms with van der Waals surface area (Å²) in [6.45, 7) is 0.266. The van der Waals surface area contributed by atoms with Gasteiger partial charge >= 0.3 is 18.4 Å². The van der Waals surface area contributed by atoms with Gasteiger partial charge in [-0.1, -0.05) is 17.7 Å². The molecule has 0 bridgehead atoms. The molecule has 1 amide bonds. The molecule has 0 radical (unpaired) electrons. The van der Waals surface area contributed by atoms with Crippen LogP contribution in [0.25, 0.3) is 0 Å². The molecular weight excluding hydrogens is 497 g/mol. The molecule has 34 heavy (non-hydrogen) atoms. The molecule has 2 aliphatic heterocycles. The minimum Gasteiger partial charge on any atom is -0.490 e. The van der Waals surface area contributed by atoms with Gasteiger partial charge in [-0.15, -0.1) is 0 Å². The van der Waals surface area contributed by atoms with E-state index in [9.17, 15) is 35.5 Å². The summed E-state index contributed by atoms with van der Waals surface area (Å²) in [4.78, 5) is 15.1. The largest absolute Gasteiger partial charge is 0.490 e. The Morgan fingerprint density at radius 3 is 2.29 bits per heavy atom. The predicted octanol–water partition coefficient (Wildman–Crippen LogP) is 5.75. The lowest BCUT2D eigenvalue weighted by Gasteiger charge is -2.45. The van der Waals surface area contributed by atoms with Crippen molar-refractivity contribution >= 4 is 17.7 Å². The molecule has 1 aromatic carbocycles. The van der Waals surface area contributed by atoms with E-state index in [-0.39, 0.29) is 25.2 Å². The summed E-state index contributed by atoms with van der Waals surface area (Å²) in [5, 5.41) is 0.427. The maximum absolute atomic E-state index is 12.7. The van der Waals surface area contributed by atoms with Crippen LogP contribution in [0.5, 0.6) is 5.75 Å². The number of carbonyl (C=O) groups excluding carboxylic acids is 1. The summed E-state index contributed by atoms with van der Waals surface area (Å²) in [6, 6.07) is 5.03.